The number of nitrogens with one attached hydrogen (secondary N) is 1. The lowest BCUT2D eigenvalue weighted by atomic mass is 9.96. The molecule has 3 rings (SSSR count). The Morgan fingerprint density at radius 3 is 2.54 bits per heavy atom. The highest BCUT2D eigenvalue weighted by Gasteiger charge is 2.24. The summed E-state index contributed by atoms with van der Waals surface area (Å²) in [4.78, 5) is 37.0. The van der Waals surface area contributed by atoms with Gasteiger partial charge in [0.05, 0.1) is 5.56 Å². The molecule has 0 spiro atoms. The first kappa shape index (κ1) is 18.1. The van der Waals surface area contributed by atoms with Crippen molar-refractivity contribution in [1.29, 1.82) is 0 Å². The predicted octanol–water partition coefficient (Wildman–Crippen LogP) is 2.91. The van der Waals surface area contributed by atoms with Crippen LogP contribution in [0.15, 0.2) is 29.6 Å². The molecule has 26 heavy (non-hydrogen) atoms. The Hall–Kier alpha value is -2.67. The normalized spacial score (nSPS) is 14.2. The van der Waals surface area contributed by atoms with E-state index in [1.165, 1.54) is 23.9 Å². The van der Waals surface area contributed by atoms with Gasteiger partial charge in [0.2, 0.25) is 5.91 Å². The highest BCUT2D eigenvalue weighted by Crippen LogP contribution is 2.30. The number of anilines is 1. The fourth-order valence-electron chi connectivity index (χ4n) is 2.90. The van der Waals surface area contributed by atoms with Gasteiger partial charge in [-0.05, 0) is 62.4 Å². The van der Waals surface area contributed by atoms with Crippen molar-refractivity contribution in [2.75, 3.05) is 5.32 Å². The Balaban J connectivity index is 1.61. The third-order valence-corrected chi connectivity index (χ3v) is 5.46. The minimum absolute atomic E-state index is 0.352. The summed E-state index contributed by atoms with van der Waals surface area (Å²) in [6, 6.07) is 6.18. The number of ether oxygens (including phenoxy) is 1. The zero-order chi connectivity index (χ0) is 18.7. The third-order valence-electron chi connectivity index (χ3n) is 4.37. The molecule has 1 atom stereocenters. The average Bonchev–Trinajstić information content (AvgIpc) is 3.06. The molecule has 2 amide bonds. The summed E-state index contributed by atoms with van der Waals surface area (Å²) in [6.45, 7) is 1.53. The lowest BCUT2D eigenvalue weighted by Gasteiger charge is -2.15. The van der Waals surface area contributed by atoms with Gasteiger partial charge in [-0.2, -0.15) is 0 Å². The molecule has 0 bridgehead atoms. The average molecular weight is 372 g/mol. The largest absolute Gasteiger partial charge is 0.449 e. The molecule has 2 aromatic rings. The van der Waals surface area contributed by atoms with Crippen LogP contribution in [-0.4, -0.2) is 23.9 Å². The quantitative estimate of drug-likeness (QED) is 0.789. The van der Waals surface area contributed by atoms with E-state index >= 15 is 0 Å². The summed E-state index contributed by atoms with van der Waals surface area (Å²) < 4.78 is 5.34. The molecule has 0 unspecified atom stereocenters. The van der Waals surface area contributed by atoms with Crippen molar-refractivity contribution in [2.45, 2.75) is 38.7 Å². The number of carbonyl (C=O) groups excluding carboxylic acids is 3. The molecule has 1 aliphatic carbocycles. The monoisotopic (exact) mass is 372 g/mol. The van der Waals surface area contributed by atoms with E-state index in [1.807, 2.05) is 5.38 Å². The standard InChI is InChI=1S/C19H20N2O4S/c1-11(18(23)21-13-8-6-12(7-9-13)17(20)22)25-19(24)15-10-26-16-5-3-2-4-14(15)16/h6-11H,2-5H2,1H3,(H2,20,22)(H,21,23)/t11-/m1/s1. The molecule has 0 aliphatic heterocycles. The van der Waals surface area contributed by atoms with Gasteiger partial charge in [0, 0.05) is 21.5 Å². The lowest BCUT2D eigenvalue weighted by Crippen LogP contribution is -2.30. The summed E-state index contributed by atoms with van der Waals surface area (Å²) in [5, 5.41) is 4.48. The van der Waals surface area contributed by atoms with Gasteiger partial charge in [0.15, 0.2) is 6.10 Å². The van der Waals surface area contributed by atoms with Crippen molar-refractivity contribution in [2.24, 2.45) is 5.73 Å². The van der Waals surface area contributed by atoms with Crippen molar-refractivity contribution < 1.29 is 19.1 Å². The van der Waals surface area contributed by atoms with Crippen LogP contribution in [0.1, 0.15) is 50.9 Å². The molecule has 1 aromatic heterocycles. The first-order valence-corrected chi connectivity index (χ1v) is 9.34. The van der Waals surface area contributed by atoms with Crippen LogP contribution in [0.4, 0.5) is 5.69 Å². The van der Waals surface area contributed by atoms with Gasteiger partial charge in [-0.3, -0.25) is 9.59 Å². The number of aryl methyl sites for hydroxylation is 1. The molecule has 6 nitrogen and oxygen atoms in total. The van der Waals surface area contributed by atoms with Gasteiger partial charge in [-0.15, -0.1) is 11.3 Å². The van der Waals surface area contributed by atoms with Crippen molar-refractivity contribution >= 4 is 34.8 Å². The number of amides is 2. The van der Waals surface area contributed by atoms with E-state index in [9.17, 15) is 14.4 Å². The Bertz CT molecular complexity index is 842. The summed E-state index contributed by atoms with van der Waals surface area (Å²) in [6.07, 6.45) is 3.18. The Morgan fingerprint density at radius 2 is 1.85 bits per heavy atom. The molecule has 0 saturated heterocycles. The van der Waals surface area contributed by atoms with Crippen LogP contribution in [0.5, 0.6) is 0 Å². The van der Waals surface area contributed by atoms with Crippen LogP contribution in [-0.2, 0) is 22.4 Å². The fraction of sp³-hybridized carbons (Fsp3) is 0.316. The number of thiophene rings is 1. The molecular weight excluding hydrogens is 352 g/mol. The maximum absolute atomic E-state index is 12.4. The Labute approximate surface area is 155 Å². The molecule has 0 saturated carbocycles. The number of esters is 1. The second-order valence-electron chi connectivity index (χ2n) is 6.24. The lowest BCUT2D eigenvalue weighted by molar-refractivity contribution is -0.123. The van der Waals surface area contributed by atoms with E-state index in [2.05, 4.69) is 5.32 Å². The van der Waals surface area contributed by atoms with Gasteiger partial charge in [0.25, 0.3) is 5.91 Å². The number of primary amides is 1. The van der Waals surface area contributed by atoms with Crippen LogP contribution >= 0.6 is 11.3 Å². The van der Waals surface area contributed by atoms with Gasteiger partial charge >= 0.3 is 5.97 Å². The molecule has 0 fully saturated rings. The summed E-state index contributed by atoms with van der Waals surface area (Å²) >= 11 is 1.58. The van der Waals surface area contributed by atoms with Crippen molar-refractivity contribution in [3.8, 4) is 0 Å². The van der Waals surface area contributed by atoms with Crippen molar-refractivity contribution in [3.63, 3.8) is 0 Å². The van der Waals surface area contributed by atoms with Crippen LogP contribution in [0.25, 0.3) is 0 Å². The third kappa shape index (κ3) is 3.94. The molecule has 1 aromatic carbocycles. The molecule has 136 valence electrons. The predicted molar refractivity (Wildman–Crippen MR) is 99.4 cm³/mol. The first-order valence-electron chi connectivity index (χ1n) is 8.46. The highest BCUT2D eigenvalue weighted by atomic mass is 32.1. The minimum Gasteiger partial charge on any atom is -0.449 e. The topological polar surface area (TPSA) is 98.5 Å². The van der Waals surface area contributed by atoms with E-state index in [0.29, 0.717) is 16.8 Å². The van der Waals surface area contributed by atoms with Gasteiger partial charge in [0.1, 0.15) is 0 Å². The molecular formula is C19H20N2O4S. The van der Waals surface area contributed by atoms with E-state index in [-0.39, 0.29) is 0 Å². The Morgan fingerprint density at radius 1 is 1.15 bits per heavy atom. The van der Waals surface area contributed by atoms with E-state index in [1.54, 1.807) is 23.5 Å². The molecule has 1 heterocycles. The second-order valence-corrected chi connectivity index (χ2v) is 7.20. The van der Waals surface area contributed by atoms with E-state index in [0.717, 1.165) is 31.2 Å². The number of rotatable bonds is 5. The maximum Gasteiger partial charge on any atom is 0.340 e. The van der Waals surface area contributed by atoms with Gasteiger partial charge in [-0.25, -0.2) is 4.79 Å². The van der Waals surface area contributed by atoms with Crippen molar-refractivity contribution in [3.05, 3.63) is 51.2 Å². The van der Waals surface area contributed by atoms with E-state index < -0.39 is 23.9 Å². The van der Waals surface area contributed by atoms with E-state index in [4.69, 9.17) is 10.5 Å². The highest BCUT2D eigenvalue weighted by molar-refractivity contribution is 7.10. The number of hydrogen-bond acceptors (Lipinski definition) is 5. The van der Waals surface area contributed by atoms with Crippen LogP contribution in [0.3, 0.4) is 0 Å². The number of carbonyl (C=O) groups is 3. The first-order chi connectivity index (χ1) is 12.5. The van der Waals surface area contributed by atoms with Crippen LogP contribution < -0.4 is 11.1 Å². The summed E-state index contributed by atoms with van der Waals surface area (Å²) in [5.74, 6) is -1.44. The second kappa shape index (κ2) is 7.70. The van der Waals surface area contributed by atoms with Crippen LogP contribution in [0.2, 0.25) is 0 Å². The van der Waals surface area contributed by atoms with Crippen LogP contribution in [0, 0.1) is 0 Å². The molecule has 1 aliphatic rings. The number of nitrogens with two attached hydrogens (primary N) is 1. The summed E-state index contributed by atoms with van der Waals surface area (Å²) in [5.41, 5.74) is 7.68. The number of fused-ring (bicyclic) bond motifs is 1. The number of benzene rings is 1. The maximum atomic E-state index is 12.4. The minimum atomic E-state index is -0.933. The molecule has 3 N–H and O–H groups in total. The summed E-state index contributed by atoms with van der Waals surface area (Å²) in [7, 11) is 0. The van der Waals surface area contributed by atoms with Gasteiger partial charge < -0.3 is 15.8 Å². The van der Waals surface area contributed by atoms with Gasteiger partial charge in [-0.1, -0.05) is 0 Å². The molecule has 0 radical (unpaired) electrons. The fourth-order valence-corrected chi connectivity index (χ4v) is 4.02. The molecule has 7 heteroatoms. The Kier molecular flexibility index (Phi) is 5.37. The number of hydrogen-bond donors (Lipinski definition) is 2. The SMILES string of the molecule is C[C@@H](OC(=O)c1csc2c1CCCC2)C(=O)Nc1ccc(C(N)=O)cc1. The zero-order valence-electron chi connectivity index (χ0n) is 14.4. The zero-order valence-corrected chi connectivity index (χ0v) is 15.2. The van der Waals surface area contributed by atoms with Crippen molar-refractivity contribution in [1.82, 2.24) is 0 Å². The smallest absolute Gasteiger partial charge is 0.340 e.